The van der Waals surface area contributed by atoms with Crippen molar-refractivity contribution in [3.05, 3.63) is 68.7 Å². The topological polar surface area (TPSA) is 79.9 Å². The van der Waals surface area contributed by atoms with Gasteiger partial charge in [-0.05, 0) is 18.2 Å². The summed E-state index contributed by atoms with van der Waals surface area (Å²) >= 11 is 4.91. The van der Waals surface area contributed by atoms with Crippen LogP contribution in [0.1, 0.15) is 5.56 Å². The molecule has 6 nitrogen and oxygen atoms in total. The van der Waals surface area contributed by atoms with Crippen molar-refractivity contribution in [2.24, 2.45) is 10.1 Å². The maximum Gasteiger partial charge on any atom is 0.270 e. The molecule has 1 aliphatic rings. The van der Waals surface area contributed by atoms with Crippen LogP contribution in [0.5, 0.6) is 0 Å². The molecule has 0 aromatic heterocycles. The van der Waals surface area contributed by atoms with E-state index in [4.69, 9.17) is 0 Å². The molecule has 0 saturated carbocycles. The van der Waals surface area contributed by atoms with Crippen molar-refractivity contribution in [3.8, 4) is 0 Å². The summed E-state index contributed by atoms with van der Waals surface area (Å²) < 4.78 is 0.959. The molecule has 0 amide bonds. The van der Waals surface area contributed by atoms with Gasteiger partial charge in [-0.2, -0.15) is 5.10 Å². The van der Waals surface area contributed by atoms with Crippen molar-refractivity contribution >= 4 is 49.9 Å². The maximum absolute atomic E-state index is 10.8. The second-order valence-corrected chi connectivity index (χ2v) is 6.54. The van der Waals surface area contributed by atoms with Gasteiger partial charge >= 0.3 is 0 Å². The first-order valence-corrected chi connectivity index (χ1v) is 8.44. The van der Waals surface area contributed by atoms with Crippen LogP contribution in [0.2, 0.25) is 0 Å². The van der Waals surface area contributed by atoms with E-state index in [-0.39, 0.29) is 5.69 Å². The van der Waals surface area contributed by atoms with Crippen LogP contribution in [0.25, 0.3) is 0 Å². The highest BCUT2D eigenvalue weighted by Gasteiger charge is 2.15. The average molecular weight is 391 g/mol. The van der Waals surface area contributed by atoms with Crippen molar-refractivity contribution in [2.75, 3.05) is 5.75 Å². The fraction of sp³-hybridized carbons (Fsp3) is 0.0667. The minimum absolute atomic E-state index is 0.0591. The molecule has 2 aromatic rings. The lowest BCUT2D eigenvalue weighted by Crippen LogP contribution is -2.25. The molecule has 8 heteroatoms. The summed E-state index contributed by atoms with van der Waals surface area (Å²) in [6, 6.07) is 14.1. The van der Waals surface area contributed by atoms with Gasteiger partial charge in [0.25, 0.3) is 5.69 Å². The van der Waals surface area contributed by atoms with Crippen molar-refractivity contribution in [1.82, 2.24) is 5.43 Å². The highest BCUT2D eigenvalue weighted by Crippen LogP contribution is 2.22. The summed E-state index contributed by atoms with van der Waals surface area (Å²) in [5, 5.41) is 15.8. The van der Waals surface area contributed by atoms with Crippen molar-refractivity contribution < 1.29 is 4.92 Å². The molecule has 0 saturated heterocycles. The Labute approximate surface area is 145 Å². The standard InChI is InChI=1S/C15H11BrN4O2S/c16-11-4-2-5-12(8-11)17-15-19-18-14(9-23-15)10-3-1-6-13(7-10)20(21)22/h1-8H,9H2,(H,17,19). The van der Waals surface area contributed by atoms with Crippen LogP contribution in [-0.4, -0.2) is 21.6 Å². The third-order valence-electron chi connectivity index (χ3n) is 3.06. The number of nitrogens with zero attached hydrogens (tertiary/aromatic N) is 3. The Hall–Kier alpha value is -2.19. The Balaban J connectivity index is 1.78. The first-order chi connectivity index (χ1) is 11.1. The second kappa shape index (κ2) is 6.93. The van der Waals surface area contributed by atoms with Gasteiger partial charge in [-0.25, -0.2) is 4.99 Å². The van der Waals surface area contributed by atoms with Crippen LogP contribution < -0.4 is 5.43 Å². The van der Waals surface area contributed by atoms with Gasteiger partial charge in [-0.3, -0.25) is 15.5 Å². The molecule has 1 heterocycles. The molecule has 116 valence electrons. The van der Waals surface area contributed by atoms with Crippen LogP contribution in [0.3, 0.4) is 0 Å². The summed E-state index contributed by atoms with van der Waals surface area (Å²) in [5.74, 6) is 0.598. The van der Waals surface area contributed by atoms with E-state index in [1.807, 2.05) is 30.3 Å². The van der Waals surface area contributed by atoms with E-state index < -0.39 is 4.92 Å². The van der Waals surface area contributed by atoms with E-state index in [1.165, 1.54) is 23.9 Å². The summed E-state index contributed by atoms with van der Waals surface area (Å²) in [7, 11) is 0. The van der Waals surface area contributed by atoms with Crippen LogP contribution in [0.15, 0.2) is 63.1 Å². The molecule has 0 fully saturated rings. The summed E-state index contributed by atoms with van der Waals surface area (Å²) in [6.45, 7) is 0. The molecular weight excluding hydrogens is 380 g/mol. The molecule has 0 radical (unpaired) electrons. The van der Waals surface area contributed by atoms with Gasteiger partial charge in [0, 0.05) is 27.9 Å². The number of nitro benzene ring substituents is 1. The van der Waals surface area contributed by atoms with Gasteiger partial charge in [-0.1, -0.05) is 45.9 Å². The number of amidine groups is 1. The molecule has 0 unspecified atom stereocenters. The molecule has 1 aliphatic heterocycles. The number of nitro groups is 1. The molecule has 3 rings (SSSR count). The van der Waals surface area contributed by atoms with Gasteiger partial charge < -0.3 is 0 Å². The summed E-state index contributed by atoms with van der Waals surface area (Å²) in [4.78, 5) is 14.9. The Morgan fingerprint density at radius 2 is 2.09 bits per heavy atom. The van der Waals surface area contributed by atoms with Crippen LogP contribution in [0.4, 0.5) is 11.4 Å². The molecule has 0 bridgehead atoms. The van der Waals surface area contributed by atoms with E-state index in [2.05, 4.69) is 31.4 Å². The van der Waals surface area contributed by atoms with Crippen molar-refractivity contribution in [3.63, 3.8) is 0 Å². The zero-order valence-corrected chi connectivity index (χ0v) is 14.2. The maximum atomic E-state index is 10.8. The first kappa shape index (κ1) is 15.7. The number of thioether (sulfide) groups is 1. The van der Waals surface area contributed by atoms with Gasteiger partial charge in [0.15, 0.2) is 5.17 Å². The first-order valence-electron chi connectivity index (χ1n) is 6.66. The number of benzene rings is 2. The van der Waals surface area contributed by atoms with Crippen LogP contribution in [0, 0.1) is 10.1 Å². The lowest BCUT2D eigenvalue weighted by atomic mass is 10.1. The van der Waals surface area contributed by atoms with Gasteiger partial charge in [0.05, 0.1) is 16.3 Å². The minimum atomic E-state index is -0.409. The Bertz CT molecular complexity index is 823. The van der Waals surface area contributed by atoms with Crippen LogP contribution in [-0.2, 0) is 0 Å². The number of hydrogen-bond donors (Lipinski definition) is 1. The Morgan fingerprint density at radius 1 is 1.26 bits per heavy atom. The third-order valence-corrected chi connectivity index (χ3v) is 4.43. The molecule has 0 spiro atoms. The highest BCUT2D eigenvalue weighted by atomic mass is 79.9. The Kier molecular flexibility index (Phi) is 4.73. The number of rotatable bonds is 3. The number of aliphatic imine (C=N–C) groups is 1. The smallest absolute Gasteiger partial charge is 0.258 e. The number of non-ortho nitro benzene ring substituents is 1. The third kappa shape index (κ3) is 3.96. The van der Waals surface area contributed by atoms with E-state index in [9.17, 15) is 10.1 Å². The normalized spacial score (nSPS) is 15.9. The molecular formula is C15H11BrN4O2S. The number of hydrogen-bond acceptors (Lipinski definition) is 5. The quantitative estimate of drug-likeness (QED) is 0.632. The van der Waals surface area contributed by atoms with E-state index in [1.54, 1.807) is 6.07 Å². The van der Waals surface area contributed by atoms with Gasteiger partial charge in [-0.15, -0.1) is 0 Å². The Morgan fingerprint density at radius 3 is 2.78 bits per heavy atom. The van der Waals surface area contributed by atoms with E-state index in [0.717, 1.165) is 21.4 Å². The minimum Gasteiger partial charge on any atom is -0.258 e. The van der Waals surface area contributed by atoms with Gasteiger partial charge in [0.1, 0.15) is 0 Å². The SMILES string of the molecule is O=[N+]([O-])c1cccc(C2=NNC(=Nc3cccc(Br)c3)SC2)c1. The fourth-order valence-electron chi connectivity index (χ4n) is 1.98. The molecule has 23 heavy (non-hydrogen) atoms. The fourth-order valence-corrected chi connectivity index (χ4v) is 3.16. The van der Waals surface area contributed by atoms with Crippen molar-refractivity contribution in [1.29, 1.82) is 0 Å². The number of halogens is 1. The van der Waals surface area contributed by atoms with E-state index >= 15 is 0 Å². The van der Waals surface area contributed by atoms with Crippen LogP contribution >= 0.6 is 27.7 Å². The summed E-state index contributed by atoms with van der Waals surface area (Å²) in [5.41, 5.74) is 5.27. The average Bonchev–Trinajstić information content (AvgIpc) is 2.56. The second-order valence-electron chi connectivity index (χ2n) is 4.66. The molecule has 0 aliphatic carbocycles. The molecule has 0 atom stereocenters. The zero-order chi connectivity index (χ0) is 16.2. The lowest BCUT2D eigenvalue weighted by molar-refractivity contribution is -0.384. The lowest BCUT2D eigenvalue weighted by Gasteiger charge is -2.14. The zero-order valence-electron chi connectivity index (χ0n) is 11.8. The molecule has 2 aromatic carbocycles. The van der Waals surface area contributed by atoms with Gasteiger partial charge in [0.2, 0.25) is 0 Å². The largest absolute Gasteiger partial charge is 0.270 e. The number of nitrogens with one attached hydrogen (secondary N) is 1. The van der Waals surface area contributed by atoms with Crippen molar-refractivity contribution in [2.45, 2.75) is 0 Å². The molecule has 1 N–H and O–H groups in total. The van der Waals surface area contributed by atoms with E-state index in [0.29, 0.717) is 10.9 Å². The highest BCUT2D eigenvalue weighted by molar-refractivity contribution is 9.10. The number of hydrazone groups is 1. The summed E-state index contributed by atoms with van der Waals surface area (Å²) in [6.07, 6.45) is 0. The monoisotopic (exact) mass is 390 g/mol. The predicted octanol–water partition coefficient (Wildman–Crippen LogP) is 4.09. The predicted molar refractivity (Wildman–Crippen MR) is 96.5 cm³/mol.